The average molecular weight is 413 g/mol. The lowest BCUT2D eigenvalue weighted by Gasteiger charge is -2.40. The molecule has 1 aliphatic rings. The van der Waals surface area contributed by atoms with Crippen LogP contribution in [0, 0.1) is 11.8 Å². The molecule has 1 saturated heterocycles. The van der Waals surface area contributed by atoms with E-state index in [0.717, 1.165) is 35.2 Å². The summed E-state index contributed by atoms with van der Waals surface area (Å²) in [7, 11) is 0. The van der Waals surface area contributed by atoms with E-state index in [0.29, 0.717) is 17.8 Å². The van der Waals surface area contributed by atoms with Crippen LogP contribution in [0.3, 0.4) is 0 Å². The van der Waals surface area contributed by atoms with Crippen LogP contribution in [-0.4, -0.2) is 37.7 Å². The van der Waals surface area contributed by atoms with E-state index in [1.807, 2.05) is 6.92 Å². The lowest BCUT2D eigenvalue weighted by Crippen LogP contribution is -2.41. The first-order chi connectivity index (χ1) is 13.9. The average Bonchev–Trinajstić information content (AvgIpc) is 3.21. The predicted octanol–water partition coefficient (Wildman–Crippen LogP) is 5.25. The Morgan fingerprint density at radius 1 is 1.10 bits per heavy atom. The third-order valence-corrected chi connectivity index (χ3v) is 7.06. The van der Waals surface area contributed by atoms with Gasteiger partial charge in [-0.1, -0.05) is 70.2 Å². The standard InChI is InChI=1S/C23H32N4OS/c1-6-19-24-23-27(25-19)22(28)21(29-23)20(26-12-15(4)11-16(5)13-26)18-9-7-17(8-10-18)14(2)3/h7-10,14-16,20,28H,6,11-13H2,1-5H3/t15-,16+,20-/m1/s1. The molecule has 6 heteroatoms. The van der Waals surface area contributed by atoms with E-state index in [-0.39, 0.29) is 11.9 Å². The van der Waals surface area contributed by atoms with Gasteiger partial charge < -0.3 is 5.11 Å². The third kappa shape index (κ3) is 3.92. The first-order valence-corrected chi connectivity index (χ1v) is 11.6. The highest BCUT2D eigenvalue weighted by molar-refractivity contribution is 7.17. The molecule has 1 fully saturated rings. The summed E-state index contributed by atoms with van der Waals surface area (Å²) in [4.78, 5) is 8.85. The van der Waals surface area contributed by atoms with E-state index in [4.69, 9.17) is 0 Å². The number of aromatic nitrogens is 3. The van der Waals surface area contributed by atoms with E-state index in [9.17, 15) is 5.11 Å². The fourth-order valence-electron chi connectivity index (χ4n) is 4.63. The molecule has 0 amide bonds. The highest BCUT2D eigenvalue weighted by atomic mass is 32.1. The molecule has 0 spiro atoms. The van der Waals surface area contributed by atoms with E-state index in [2.05, 4.69) is 66.9 Å². The number of hydrogen-bond acceptors (Lipinski definition) is 5. The van der Waals surface area contributed by atoms with Crippen LogP contribution in [0.5, 0.6) is 5.88 Å². The molecular formula is C23H32N4OS. The molecule has 1 aromatic carbocycles. The molecular weight excluding hydrogens is 380 g/mol. The van der Waals surface area contributed by atoms with Gasteiger partial charge in [0.15, 0.2) is 5.82 Å². The molecule has 1 N–H and O–H groups in total. The monoisotopic (exact) mass is 412 g/mol. The van der Waals surface area contributed by atoms with Gasteiger partial charge in [-0.05, 0) is 35.3 Å². The van der Waals surface area contributed by atoms with Gasteiger partial charge in [-0.2, -0.15) is 4.52 Å². The second kappa shape index (κ2) is 8.07. The van der Waals surface area contributed by atoms with E-state index >= 15 is 0 Å². The molecule has 156 valence electrons. The van der Waals surface area contributed by atoms with Crippen LogP contribution in [0.15, 0.2) is 24.3 Å². The fraction of sp³-hybridized carbons (Fsp3) is 0.565. The lowest BCUT2D eigenvalue weighted by atomic mass is 9.89. The normalized spacial score (nSPS) is 21.9. The van der Waals surface area contributed by atoms with Crippen LogP contribution >= 0.6 is 11.3 Å². The Morgan fingerprint density at radius 2 is 1.72 bits per heavy atom. The van der Waals surface area contributed by atoms with Gasteiger partial charge in [0.2, 0.25) is 10.8 Å². The van der Waals surface area contributed by atoms with Crippen LogP contribution in [0.25, 0.3) is 4.96 Å². The zero-order valence-electron chi connectivity index (χ0n) is 18.1. The summed E-state index contributed by atoms with van der Waals surface area (Å²) in [5, 5.41) is 15.6. The van der Waals surface area contributed by atoms with Crippen molar-refractivity contribution in [1.29, 1.82) is 0 Å². The largest absolute Gasteiger partial charge is 0.492 e. The topological polar surface area (TPSA) is 53.7 Å². The number of thiazole rings is 1. The molecule has 0 bridgehead atoms. The minimum absolute atomic E-state index is 0.0278. The smallest absolute Gasteiger partial charge is 0.230 e. The molecule has 4 rings (SSSR count). The number of benzene rings is 1. The molecule has 0 unspecified atom stereocenters. The van der Waals surface area contributed by atoms with Crippen LogP contribution in [0.1, 0.15) is 74.8 Å². The summed E-state index contributed by atoms with van der Waals surface area (Å²) in [5.41, 5.74) is 2.57. The van der Waals surface area contributed by atoms with Gasteiger partial charge in [-0.25, -0.2) is 4.98 Å². The van der Waals surface area contributed by atoms with Crippen molar-refractivity contribution in [3.63, 3.8) is 0 Å². The minimum Gasteiger partial charge on any atom is -0.492 e. The number of piperidine rings is 1. The van der Waals surface area contributed by atoms with Gasteiger partial charge in [0, 0.05) is 19.5 Å². The van der Waals surface area contributed by atoms with Gasteiger partial charge >= 0.3 is 0 Å². The SMILES string of the molecule is CCc1nc2sc([C@@H](c3ccc(C(C)C)cc3)N3C[C@H](C)C[C@H](C)C3)c(O)n2n1. The van der Waals surface area contributed by atoms with Crippen molar-refractivity contribution in [3.8, 4) is 5.88 Å². The van der Waals surface area contributed by atoms with E-state index in [1.165, 1.54) is 17.5 Å². The van der Waals surface area contributed by atoms with E-state index < -0.39 is 0 Å². The molecule has 0 radical (unpaired) electrons. The summed E-state index contributed by atoms with van der Waals surface area (Å²) in [5.74, 6) is 2.81. The maximum atomic E-state index is 11.1. The first kappa shape index (κ1) is 20.4. The Labute approximate surface area is 177 Å². The van der Waals surface area contributed by atoms with Crippen molar-refractivity contribution in [2.24, 2.45) is 11.8 Å². The summed E-state index contributed by atoms with van der Waals surface area (Å²) < 4.78 is 1.62. The Balaban J connectivity index is 1.79. The predicted molar refractivity (Wildman–Crippen MR) is 119 cm³/mol. The van der Waals surface area contributed by atoms with Gasteiger partial charge in [-0.15, -0.1) is 5.10 Å². The van der Waals surface area contributed by atoms with Crippen molar-refractivity contribution >= 4 is 16.3 Å². The Hall–Kier alpha value is -1.92. The van der Waals surface area contributed by atoms with Crippen molar-refractivity contribution in [3.05, 3.63) is 46.1 Å². The second-order valence-electron chi connectivity index (χ2n) is 8.99. The number of nitrogens with zero attached hydrogens (tertiary/aromatic N) is 4. The molecule has 2 aromatic heterocycles. The summed E-state index contributed by atoms with van der Waals surface area (Å²) >= 11 is 1.57. The highest BCUT2D eigenvalue weighted by Crippen LogP contribution is 2.42. The minimum atomic E-state index is 0.0278. The van der Waals surface area contributed by atoms with Crippen molar-refractivity contribution in [2.75, 3.05) is 13.1 Å². The van der Waals surface area contributed by atoms with Gasteiger partial charge in [0.1, 0.15) is 0 Å². The molecule has 3 atom stereocenters. The maximum Gasteiger partial charge on any atom is 0.230 e. The molecule has 1 aliphatic heterocycles. The number of rotatable bonds is 5. The molecule has 29 heavy (non-hydrogen) atoms. The number of hydrogen-bond donors (Lipinski definition) is 1. The zero-order valence-corrected chi connectivity index (χ0v) is 18.9. The van der Waals surface area contributed by atoms with Crippen molar-refractivity contribution in [1.82, 2.24) is 19.5 Å². The summed E-state index contributed by atoms with van der Waals surface area (Å²) in [6.45, 7) is 13.2. The Bertz CT molecular complexity index is 965. The van der Waals surface area contributed by atoms with Crippen LogP contribution < -0.4 is 0 Å². The van der Waals surface area contributed by atoms with Gasteiger partial charge in [0.05, 0.1) is 10.9 Å². The van der Waals surface area contributed by atoms with Crippen LogP contribution in [0.2, 0.25) is 0 Å². The second-order valence-corrected chi connectivity index (χ2v) is 10.00. The van der Waals surface area contributed by atoms with Crippen molar-refractivity contribution < 1.29 is 5.11 Å². The summed E-state index contributed by atoms with van der Waals surface area (Å²) in [6, 6.07) is 8.95. The number of aromatic hydroxyl groups is 1. The van der Waals surface area contributed by atoms with Crippen LogP contribution in [0.4, 0.5) is 0 Å². The molecule has 0 saturated carbocycles. The molecule has 3 aromatic rings. The number of aryl methyl sites for hydroxylation is 1. The lowest BCUT2D eigenvalue weighted by molar-refractivity contribution is 0.112. The Morgan fingerprint density at radius 3 is 2.28 bits per heavy atom. The highest BCUT2D eigenvalue weighted by Gasteiger charge is 2.33. The Kier molecular flexibility index (Phi) is 5.67. The fourth-order valence-corrected chi connectivity index (χ4v) is 5.77. The molecule has 5 nitrogen and oxygen atoms in total. The molecule has 0 aliphatic carbocycles. The summed E-state index contributed by atoms with van der Waals surface area (Å²) in [6.07, 6.45) is 2.03. The van der Waals surface area contributed by atoms with Crippen molar-refractivity contribution in [2.45, 2.75) is 59.4 Å². The third-order valence-electron chi connectivity index (χ3n) is 5.99. The first-order valence-electron chi connectivity index (χ1n) is 10.8. The van der Waals surface area contributed by atoms with Gasteiger partial charge in [0.25, 0.3) is 0 Å². The number of fused-ring (bicyclic) bond motifs is 1. The van der Waals surface area contributed by atoms with Crippen LogP contribution in [-0.2, 0) is 6.42 Å². The van der Waals surface area contributed by atoms with Gasteiger partial charge in [-0.3, -0.25) is 4.90 Å². The maximum absolute atomic E-state index is 11.1. The number of likely N-dealkylation sites (tertiary alicyclic amines) is 1. The quantitative estimate of drug-likeness (QED) is 0.622. The molecule has 3 heterocycles. The van der Waals surface area contributed by atoms with E-state index in [1.54, 1.807) is 15.9 Å². The zero-order chi connectivity index (χ0) is 20.7.